The summed E-state index contributed by atoms with van der Waals surface area (Å²) in [5.41, 5.74) is 11.2. The first-order valence-corrected chi connectivity index (χ1v) is 23.5. The van der Waals surface area contributed by atoms with Crippen molar-refractivity contribution >= 4 is 66.9 Å². The van der Waals surface area contributed by atoms with E-state index in [1.165, 1.54) is 21.9 Å². The van der Waals surface area contributed by atoms with Crippen molar-refractivity contribution in [3.05, 3.63) is 248 Å². The molecule has 0 aliphatic heterocycles. The maximum absolute atomic E-state index is 13.3. The normalized spacial score (nSPS) is 11.8. The molecule has 8 aromatic rings. The van der Waals surface area contributed by atoms with E-state index >= 15 is 0 Å². The van der Waals surface area contributed by atoms with Crippen LogP contribution in [0.4, 0.5) is 5.69 Å². The topological polar surface area (TPSA) is 53.8 Å². The summed E-state index contributed by atoms with van der Waals surface area (Å²) in [4.78, 5) is 0. The molecule has 0 radical (unpaired) electrons. The molecule has 0 spiro atoms. The summed E-state index contributed by atoms with van der Waals surface area (Å²) in [5, 5.41) is 6.98. The fourth-order valence-electron chi connectivity index (χ4n) is 7.77. The van der Waals surface area contributed by atoms with Crippen molar-refractivity contribution in [1.82, 2.24) is 0 Å². The van der Waals surface area contributed by atoms with Crippen molar-refractivity contribution in [2.24, 2.45) is 9.23 Å². The molecule has 0 unspecified atom stereocenters. The molecule has 1 N–H and O–H groups in total. The predicted octanol–water partition coefficient (Wildman–Crippen LogP) is 8.95. The molecule has 0 fully saturated rings. The summed E-state index contributed by atoms with van der Waals surface area (Å²) >= 11 is 0. The van der Waals surface area contributed by atoms with Gasteiger partial charge in [0.25, 0.3) is 7.41 Å². The average Bonchev–Trinajstić information content (AvgIpc) is 3.29. The molecule has 0 amide bonds. The maximum atomic E-state index is 13.3. The van der Waals surface area contributed by atoms with Crippen LogP contribution in [0.1, 0.15) is 6.99 Å². The van der Waals surface area contributed by atoms with Gasteiger partial charge in [0.1, 0.15) is 16.8 Å². The molecule has 0 atom stereocenters. The van der Waals surface area contributed by atoms with Crippen LogP contribution >= 0.6 is 7.41 Å². The average molecular weight is 793 g/mol. The molecule has 8 rings (SSSR count). The Morgan fingerprint density at radius 1 is 0.448 bits per heavy atom. The summed E-state index contributed by atoms with van der Waals surface area (Å²) in [6.45, 7) is 0. The van der Waals surface area contributed by atoms with Crippen LogP contribution in [0.5, 0.6) is 0 Å². The van der Waals surface area contributed by atoms with Gasteiger partial charge in [0, 0.05) is 18.1 Å². The fourth-order valence-corrected chi connectivity index (χ4v) is 13.9. The van der Waals surface area contributed by atoms with E-state index in [0.717, 1.165) is 27.3 Å². The van der Waals surface area contributed by atoms with Gasteiger partial charge < -0.3 is 0 Å². The summed E-state index contributed by atoms with van der Waals surface area (Å²) in [5.74, 6) is 0. The number of anilines is 1. The van der Waals surface area contributed by atoms with Crippen LogP contribution in [-0.2, 0) is 9.73 Å². The number of nitrogens with zero attached hydrogens (tertiary/aromatic N) is 2. The third kappa shape index (κ3) is 8.95. The van der Waals surface area contributed by atoms with Crippen molar-refractivity contribution in [2.75, 3.05) is 17.9 Å². The first kappa shape index (κ1) is 39.9. The van der Waals surface area contributed by atoms with Crippen LogP contribution in [0.25, 0.3) is 0 Å². The van der Waals surface area contributed by atoms with Gasteiger partial charge in [-0.25, -0.2) is 4.21 Å². The molecule has 0 aliphatic carbocycles. The Kier molecular flexibility index (Phi) is 12.9. The SMILES string of the molecule is CS(C)(=O)=N[P+](/C(=N/Nc1ccccc1)c1ccccc1)(c1ccccc1)c1ccccc1.[H+].c1ccc([B-](c2ccccc2)(c2ccccc2)c2ccccc2)cc1. The fraction of sp³-hybridized carbons (Fsp3) is 0.0392. The highest BCUT2D eigenvalue weighted by Gasteiger charge is 2.52. The molecule has 0 aromatic heterocycles. The Morgan fingerprint density at radius 3 is 1.07 bits per heavy atom. The zero-order valence-corrected chi connectivity index (χ0v) is 34.5. The number of nitrogens with one attached hydrogen (secondary N) is 1. The number of rotatable bonds is 11. The number of para-hydroxylation sites is 1. The number of hydrazone groups is 1. The summed E-state index contributed by atoms with van der Waals surface area (Å²) in [6, 6.07) is 83.7. The maximum Gasteiger partial charge on any atom is 1.00 e. The largest absolute Gasteiger partial charge is 1.00 e. The summed E-state index contributed by atoms with van der Waals surface area (Å²) in [7, 11) is -5.25. The highest BCUT2D eigenvalue weighted by Crippen LogP contribution is 2.61. The number of hydrogen-bond donors (Lipinski definition) is 1. The first-order chi connectivity index (χ1) is 28.4. The Balaban J connectivity index is 0.000000202. The molecular weight excluding hydrogens is 744 g/mol. The molecule has 0 saturated heterocycles. The molecule has 0 heterocycles. The second kappa shape index (κ2) is 18.7. The van der Waals surface area contributed by atoms with Crippen LogP contribution in [0, 0.1) is 0 Å². The van der Waals surface area contributed by atoms with Crippen LogP contribution in [0.3, 0.4) is 0 Å². The van der Waals surface area contributed by atoms with E-state index in [1.54, 1.807) is 12.5 Å². The van der Waals surface area contributed by atoms with E-state index in [1.807, 2.05) is 97.1 Å². The van der Waals surface area contributed by atoms with E-state index < -0.39 is 23.3 Å². The molecule has 0 bridgehead atoms. The zero-order chi connectivity index (χ0) is 40.1. The van der Waals surface area contributed by atoms with Crippen LogP contribution in [0.2, 0.25) is 0 Å². The first-order valence-electron chi connectivity index (χ1n) is 19.4. The number of hydrogen-bond acceptors (Lipinski definition) is 4. The van der Waals surface area contributed by atoms with E-state index in [9.17, 15) is 4.21 Å². The third-order valence-electron chi connectivity index (χ3n) is 10.2. The Bertz CT molecular complexity index is 2430. The molecule has 58 heavy (non-hydrogen) atoms. The van der Waals surface area contributed by atoms with Crippen LogP contribution in [0.15, 0.2) is 252 Å². The highest BCUT2D eigenvalue weighted by molar-refractivity contribution is 8.08. The van der Waals surface area contributed by atoms with E-state index in [-0.39, 0.29) is 1.43 Å². The second-order valence-corrected chi connectivity index (χ2v) is 20.1. The second-order valence-electron chi connectivity index (χ2n) is 14.4. The molecule has 286 valence electrons. The molecule has 0 aliphatic rings. The van der Waals surface area contributed by atoms with E-state index in [2.05, 4.69) is 151 Å². The molecule has 4 nitrogen and oxygen atoms in total. The lowest BCUT2D eigenvalue weighted by atomic mass is 9.13. The Hall–Kier alpha value is -6.33. The molecule has 8 aromatic carbocycles. The minimum Gasteiger partial charge on any atom is -0.275 e. The van der Waals surface area contributed by atoms with Gasteiger partial charge in [-0.2, -0.15) is 21.9 Å². The monoisotopic (exact) mass is 792 g/mol. The molecule has 7 heteroatoms. The lowest BCUT2D eigenvalue weighted by Gasteiger charge is -2.44. The van der Waals surface area contributed by atoms with Gasteiger partial charge in [0.05, 0.1) is 15.4 Å². The van der Waals surface area contributed by atoms with Gasteiger partial charge in [-0.05, 0) is 48.5 Å². The summed E-state index contributed by atoms with van der Waals surface area (Å²) < 4.78 is 18.5. The van der Waals surface area contributed by atoms with E-state index in [0.29, 0.717) is 0 Å². The minimum atomic E-state index is -2.75. The Labute approximate surface area is 346 Å². The van der Waals surface area contributed by atoms with Crippen molar-refractivity contribution < 1.29 is 5.64 Å². The van der Waals surface area contributed by atoms with Crippen molar-refractivity contribution in [2.45, 2.75) is 0 Å². The molecular formula is C51H48BN3OPS+. The van der Waals surface area contributed by atoms with Gasteiger partial charge >= 0.3 is 1.43 Å². The van der Waals surface area contributed by atoms with Gasteiger partial charge in [-0.1, -0.05) is 198 Å². The van der Waals surface area contributed by atoms with Crippen molar-refractivity contribution in [1.29, 1.82) is 0 Å². The van der Waals surface area contributed by atoms with Crippen molar-refractivity contribution in [3.63, 3.8) is 0 Å². The Morgan fingerprint density at radius 2 is 0.741 bits per heavy atom. The smallest absolute Gasteiger partial charge is 0.275 e. The van der Waals surface area contributed by atoms with Crippen molar-refractivity contribution in [3.8, 4) is 0 Å². The van der Waals surface area contributed by atoms with Gasteiger partial charge in [0.2, 0.25) is 5.45 Å². The highest BCUT2D eigenvalue weighted by atomic mass is 32.2. The number of benzene rings is 8. The minimum absolute atomic E-state index is 0. The predicted molar refractivity (Wildman–Crippen MR) is 256 cm³/mol. The van der Waals surface area contributed by atoms with Crippen LogP contribution in [-0.4, -0.2) is 28.3 Å². The van der Waals surface area contributed by atoms with Gasteiger partial charge in [-0.15, -0.1) is 5.10 Å². The lowest BCUT2D eigenvalue weighted by Crippen LogP contribution is -2.74. The van der Waals surface area contributed by atoms with Crippen LogP contribution < -0.4 is 37.9 Å². The quantitative estimate of drug-likeness (QED) is 0.0616. The van der Waals surface area contributed by atoms with Gasteiger partial charge in [-0.3, -0.25) is 5.43 Å². The molecule has 0 saturated carbocycles. The zero-order valence-electron chi connectivity index (χ0n) is 33.8. The van der Waals surface area contributed by atoms with Gasteiger partial charge in [0.15, 0.2) is 0 Å². The lowest BCUT2D eigenvalue weighted by molar-refractivity contribution is 0.685. The van der Waals surface area contributed by atoms with E-state index in [4.69, 9.17) is 9.23 Å². The third-order valence-corrected chi connectivity index (χ3v) is 15.8. The summed E-state index contributed by atoms with van der Waals surface area (Å²) in [6.07, 6.45) is 2.18. The standard InChI is InChI=1S/C27H27N3OPS.C24H20B/c1-33(2,31)30-32(25-19-11-5-12-20-25,26-21-13-6-14-22-26)27(23-15-7-3-8-16-23)29-28-24-17-9-4-10-18-24;1-5-13-21(14-6-1)25(22-15-7-2-8-16-22,23-17-9-3-10-18-23)24-19-11-4-12-20-24/h3-22,28H,1-2H3;1-20H/q+1;-1/p+1/b29-27+;.